The number of likely N-dealkylation sites (N-methyl/N-ethyl adjacent to an activating group) is 1. The maximum Gasteiger partial charge on any atom is 0.226 e. The number of aryl methyl sites for hydroxylation is 1. The van der Waals surface area contributed by atoms with Gasteiger partial charge in [0.1, 0.15) is 5.82 Å². The number of hydrogen-bond donors (Lipinski definition) is 0. The third kappa shape index (κ3) is 3.32. The standard InChI is InChI=1S/C19H20FN5S/c1-13-18(26-12-22-13)17-16(14-3-5-15(20)6-4-14)11-21-19(23-17)25-9-7-24(2)8-10-25/h3-6,11-12H,7-10H2,1-2H3. The van der Waals surface area contributed by atoms with E-state index < -0.39 is 0 Å². The van der Waals surface area contributed by atoms with Gasteiger partial charge in [0.2, 0.25) is 5.95 Å². The Balaban J connectivity index is 1.79. The molecule has 26 heavy (non-hydrogen) atoms. The smallest absolute Gasteiger partial charge is 0.226 e. The second kappa shape index (κ2) is 7.09. The van der Waals surface area contributed by atoms with E-state index in [1.807, 2.05) is 18.6 Å². The molecule has 0 aliphatic carbocycles. The van der Waals surface area contributed by atoms with Crippen LogP contribution in [-0.4, -0.2) is 53.1 Å². The molecule has 1 aromatic carbocycles. The summed E-state index contributed by atoms with van der Waals surface area (Å²) in [6.45, 7) is 5.80. The fourth-order valence-electron chi connectivity index (χ4n) is 3.07. The summed E-state index contributed by atoms with van der Waals surface area (Å²) >= 11 is 1.57. The van der Waals surface area contributed by atoms with Crippen LogP contribution in [0, 0.1) is 12.7 Å². The minimum absolute atomic E-state index is 0.251. The molecular weight excluding hydrogens is 349 g/mol. The summed E-state index contributed by atoms with van der Waals surface area (Å²) in [4.78, 5) is 19.4. The number of rotatable bonds is 3. The number of nitrogens with zero attached hydrogens (tertiary/aromatic N) is 5. The number of anilines is 1. The van der Waals surface area contributed by atoms with Crippen LogP contribution in [0.3, 0.4) is 0 Å². The average molecular weight is 369 g/mol. The lowest BCUT2D eigenvalue weighted by molar-refractivity contribution is 0.311. The first-order chi connectivity index (χ1) is 12.6. The van der Waals surface area contributed by atoms with Crippen molar-refractivity contribution in [2.45, 2.75) is 6.92 Å². The highest BCUT2D eigenvalue weighted by Gasteiger charge is 2.20. The first-order valence-electron chi connectivity index (χ1n) is 8.59. The van der Waals surface area contributed by atoms with Crippen molar-refractivity contribution in [3.05, 3.63) is 47.5 Å². The second-order valence-electron chi connectivity index (χ2n) is 6.50. The average Bonchev–Trinajstić information content (AvgIpc) is 3.08. The van der Waals surface area contributed by atoms with Crippen molar-refractivity contribution >= 4 is 17.3 Å². The van der Waals surface area contributed by atoms with E-state index in [4.69, 9.17) is 4.98 Å². The Morgan fingerprint density at radius 2 is 1.77 bits per heavy atom. The lowest BCUT2D eigenvalue weighted by Crippen LogP contribution is -2.45. The lowest BCUT2D eigenvalue weighted by Gasteiger charge is -2.32. The number of halogens is 1. The summed E-state index contributed by atoms with van der Waals surface area (Å²) in [5.74, 6) is 0.492. The molecule has 7 heteroatoms. The molecule has 0 spiro atoms. The Kier molecular flexibility index (Phi) is 4.65. The van der Waals surface area contributed by atoms with Gasteiger partial charge in [-0.1, -0.05) is 12.1 Å². The van der Waals surface area contributed by atoms with Crippen LogP contribution in [0.15, 0.2) is 36.0 Å². The van der Waals surface area contributed by atoms with Gasteiger partial charge in [-0.05, 0) is 31.7 Å². The Morgan fingerprint density at radius 1 is 1.04 bits per heavy atom. The molecule has 2 aromatic heterocycles. The summed E-state index contributed by atoms with van der Waals surface area (Å²) in [5, 5.41) is 0. The molecule has 1 saturated heterocycles. The van der Waals surface area contributed by atoms with Gasteiger partial charge in [-0.25, -0.2) is 19.3 Å². The molecule has 1 aliphatic heterocycles. The second-order valence-corrected chi connectivity index (χ2v) is 7.35. The number of benzene rings is 1. The molecule has 1 aliphatic rings. The van der Waals surface area contributed by atoms with E-state index in [1.165, 1.54) is 12.1 Å². The summed E-state index contributed by atoms with van der Waals surface area (Å²) in [6.07, 6.45) is 1.85. The normalized spacial score (nSPS) is 15.4. The van der Waals surface area contributed by atoms with E-state index >= 15 is 0 Å². The Labute approximate surface area is 156 Å². The minimum atomic E-state index is -0.251. The Hall–Kier alpha value is -2.38. The van der Waals surface area contributed by atoms with Gasteiger partial charge in [0.05, 0.1) is 21.8 Å². The topological polar surface area (TPSA) is 45.2 Å². The van der Waals surface area contributed by atoms with Crippen LogP contribution >= 0.6 is 11.3 Å². The van der Waals surface area contributed by atoms with Gasteiger partial charge in [-0.2, -0.15) is 0 Å². The first-order valence-corrected chi connectivity index (χ1v) is 9.47. The van der Waals surface area contributed by atoms with Gasteiger partial charge in [-0.3, -0.25) is 0 Å². The van der Waals surface area contributed by atoms with Crippen LogP contribution in [0.4, 0.5) is 10.3 Å². The monoisotopic (exact) mass is 369 g/mol. The zero-order chi connectivity index (χ0) is 18.1. The third-order valence-electron chi connectivity index (χ3n) is 4.68. The molecule has 0 radical (unpaired) electrons. The zero-order valence-electron chi connectivity index (χ0n) is 14.8. The van der Waals surface area contributed by atoms with Crippen molar-refractivity contribution in [3.8, 4) is 21.7 Å². The van der Waals surface area contributed by atoms with Gasteiger partial charge >= 0.3 is 0 Å². The van der Waals surface area contributed by atoms with Crippen LogP contribution in [0.5, 0.6) is 0 Å². The molecule has 3 aromatic rings. The molecule has 134 valence electrons. The van der Waals surface area contributed by atoms with Crippen LogP contribution in [0.2, 0.25) is 0 Å². The number of aromatic nitrogens is 3. The Morgan fingerprint density at radius 3 is 2.42 bits per heavy atom. The lowest BCUT2D eigenvalue weighted by atomic mass is 10.0. The quantitative estimate of drug-likeness (QED) is 0.707. The maximum atomic E-state index is 13.3. The van der Waals surface area contributed by atoms with Crippen LogP contribution < -0.4 is 4.90 Å². The molecule has 1 fully saturated rings. The van der Waals surface area contributed by atoms with E-state index in [-0.39, 0.29) is 5.82 Å². The fourth-order valence-corrected chi connectivity index (χ4v) is 3.88. The van der Waals surface area contributed by atoms with E-state index in [0.29, 0.717) is 0 Å². The molecule has 4 rings (SSSR count). The van der Waals surface area contributed by atoms with Crippen LogP contribution in [0.25, 0.3) is 21.7 Å². The van der Waals surface area contributed by atoms with Crippen LogP contribution in [0.1, 0.15) is 5.69 Å². The van der Waals surface area contributed by atoms with Gasteiger partial charge < -0.3 is 9.80 Å². The molecule has 0 amide bonds. The summed E-state index contributed by atoms with van der Waals surface area (Å²) in [7, 11) is 2.13. The van der Waals surface area contributed by atoms with Crippen molar-refractivity contribution in [2.24, 2.45) is 0 Å². The van der Waals surface area contributed by atoms with Crippen molar-refractivity contribution in [1.82, 2.24) is 19.9 Å². The molecule has 0 unspecified atom stereocenters. The molecular formula is C19H20FN5S. The summed E-state index contributed by atoms with van der Waals surface area (Å²) < 4.78 is 13.3. The molecule has 0 atom stereocenters. The predicted octanol–water partition coefficient (Wildman–Crippen LogP) is 3.47. The van der Waals surface area contributed by atoms with E-state index in [9.17, 15) is 4.39 Å². The van der Waals surface area contributed by atoms with Gasteiger partial charge in [0.15, 0.2) is 0 Å². The summed E-state index contributed by atoms with van der Waals surface area (Å²) in [5.41, 5.74) is 5.44. The van der Waals surface area contributed by atoms with Crippen molar-refractivity contribution in [2.75, 3.05) is 38.1 Å². The molecule has 5 nitrogen and oxygen atoms in total. The van der Waals surface area contributed by atoms with Crippen molar-refractivity contribution in [3.63, 3.8) is 0 Å². The molecule has 0 saturated carbocycles. The number of piperazine rings is 1. The van der Waals surface area contributed by atoms with Gasteiger partial charge in [0, 0.05) is 37.9 Å². The fraction of sp³-hybridized carbons (Fsp3) is 0.316. The maximum absolute atomic E-state index is 13.3. The number of thiazole rings is 1. The first kappa shape index (κ1) is 17.1. The highest BCUT2D eigenvalue weighted by atomic mass is 32.1. The van der Waals surface area contributed by atoms with E-state index in [1.54, 1.807) is 23.5 Å². The third-order valence-corrected chi connectivity index (χ3v) is 5.61. The van der Waals surface area contributed by atoms with E-state index in [0.717, 1.165) is 59.5 Å². The predicted molar refractivity (Wildman–Crippen MR) is 103 cm³/mol. The highest BCUT2D eigenvalue weighted by Crippen LogP contribution is 2.35. The minimum Gasteiger partial charge on any atom is -0.338 e. The Bertz CT molecular complexity index is 901. The van der Waals surface area contributed by atoms with Gasteiger partial charge in [0.25, 0.3) is 0 Å². The highest BCUT2D eigenvalue weighted by molar-refractivity contribution is 7.13. The van der Waals surface area contributed by atoms with Crippen molar-refractivity contribution in [1.29, 1.82) is 0 Å². The molecule has 0 bridgehead atoms. The molecule has 3 heterocycles. The van der Waals surface area contributed by atoms with E-state index in [2.05, 4.69) is 26.8 Å². The zero-order valence-corrected chi connectivity index (χ0v) is 15.6. The molecule has 0 N–H and O–H groups in total. The largest absolute Gasteiger partial charge is 0.338 e. The number of hydrogen-bond acceptors (Lipinski definition) is 6. The summed E-state index contributed by atoms with van der Waals surface area (Å²) in [6, 6.07) is 6.47. The van der Waals surface area contributed by atoms with Crippen molar-refractivity contribution < 1.29 is 4.39 Å². The van der Waals surface area contributed by atoms with Gasteiger partial charge in [-0.15, -0.1) is 11.3 Å². The SMILES string of the molecule is Cc1ncsc1-c1nc(N2CCN(C)CC2)ncc1-c1ccc(F)cc1. The van der Waals surface area contributed by atoms with Crippen LogP contribution in [-0.2, 0) is 0 Å².